The molecular formula is C25H36N4O2. The van der Waals surface area contributed by atoms with E-state index < -0.39 is 0 Å². The number of carbonyl (C=O) groups is 1. The van der Waals surface area contributed by atoms with Crippen molar-refractivity contribution < 1.29 is 9.53 Å². The summed E-state index contributed by atoms with van der Waals surface area (Å²) < 4.78 is 5.19. The molecule has 1 aliphatic carbocycles. The van der Waals surface area contributed by atoms with E-state index in [1.54, 1.807) is 7.11 Å². The first kappa shape index (κ1) is 22.0. The van der Waals surface area contributed by atoms with Gasteiger partial charge in [-0.05, 0) is 43.7 Å². The summed E-state index contributed by atoms with van der Waals surface area (Å²) in [6.07, 6.45) is 8.27. The first-order valence-corrected chi connectivity index (χ1v) is 11.9. The lowest BCUT2D eigenvalue weighted by molar-refractivity contribution is -0.123. The zero-order valence-corrected chi connectivity index (χ0v) is 18.7. The van der Waals surface area contributed by atoms with Gasteiger partial charge in [-0.25, -0.2) is 4.98 Å². The summed E-state index contributed by atoms with van der Waals surface area (Å²) in [7, 11) is 1.71. The van der Waals surface area contributed by atoms with E-state index in [9.17, 15) is 4.79 Å². The van der Waals surface area contributed by atoms with Crippen molar-refractivity contribution in [1.82, 2.24) is 15.2 Å². The number of rotatable bonds is 8. The number of pyridine rings is 1. The zero-order valence-electron chi connectivity index (χ0n) is 18.7. The first-order chi connectivity index (χ1) is 15.2. The average molecular weight is 425 g/mol. The molecule has 1 saturated carbocycles. The van der Waals surface area contributed by atoms with Crippen molar-refractivity contribution in [1.29, 1.82) is 0 Å². The number of hydrogen-bond acceptors (Lipinski definition) is 5. The molecule has 0 radical (unpaired) electrons. The van der Waals surface area contributed by atoms with Crippen molar-refractivity contribution in [3.05, 3.63) is 36.0 Å². The Balaban J connectivity index is 1.42. The number of likely N-dealkylation sites (tertiary alicyclic amines) is 1. The lowest BCUT2D eigenvalue weighted by Crippen LogP contribution is -2.45. The van der Waals surface area contributed by atoms with Gasteiger partial charge in [0.05, 0.1) is 13.2 Å². The van der Waals surface area contributed by atoms with Crippen LogP contribution in [0.15, 0.2) is 30.3 Å². The molecule has 0 spiro atoms. The van der Waals surface area contributed by atoms with Crippen molar-refractivity contribution in [2.45, 2.75) is 56.9 Å². The lowest BCUT2D eigenvalue weighted by Gasteiger charge is -2.33. The highest BCUT2D eigenvalue weighted by atomic mass is 16.5. The van der Waals surface area contributed by atoms with Crippen molar-refractivity contribution in [2.24, 2.45) is 0 Å². The van der Waals surface area contributed by atoms with E-state index in [2.05, 4.69) is 45.9 Å². The number of benzene rings is 1. The molecule has 1 aromatic heterocycles. The third kappa shape index (κ3) is 5.95. The number of nitrogens with zero attached hydrogens (tertiary/aromatic N) is 2. The quantitative estimate of drug-likeness (QED) is 0.629. The van der Waals surface area contributed by atoms with Crippen LogP contribution in [0.2, 0.25) is 0 Å². The monoisotopic (exact) mass is 424 g/mol. The molecule has 2 aromatic rings. The maximum absolute atomic E-state index is 12.6. The fourth-order valence-corrected chi connectivity index (χ4v) is 5.00. The number of amides is 1. The summed E-state index contributed by atoms with van der Waals surface area (Å²) in [6, 6.07) is 11.0. The summed E-state index contributed by atoms with van der Waals surface area (Å²) in [4.78, 5) is 19.9. The number of aromatic nitrogens is 1. The van der Waals surface area contributed by atoms with E-state index in [1.807, 2.05) is 0 Å². The van der Waals surface area contributed by atoms with Gasteiger partial charge in [-0.15, -0.1) is 0 Å². The molecule has 6 heteroatoms. The minimum Gasteiger partial charge on any atom is -0.383 e. The largest absolute Gasteiger partial charge is 0.383 e. The van der Waals surface area contributed by atoms with Gasteiger partial charge in [0.2, 0.25) is 5.91 Å². The second-order valence-electron chi connectivity index (χ2n) is 9.01. The highest BCUT2D eigenvalue weighted by Gasteiger charge is 2.25. The minimum absolute atomic E-state index is 0.181. The molecule has 1 amide bonds. The predicted octanol–water partition coefficient (Wildman–Crippen LogP) is 3.92. The Morgan fingerprint density at radius 1 is 1.16 bits per heavy atom. The predicted molar refractivity (Wildman–Crippen MR) is 126 cm³/mol. The van der Waals surface area contributed by atoms with Crippen LogP contribution >= 0.6 is 0 Å². The summed E-state index contributed by atoms with van der Waals surface area (Å²) in [6.45, 7) is 3.75. The molecule has 0 unspecified atom stereocenters. The van der Waals surface area contributed by atoms with Crippen LogP contribution in [0.3, 0.4) is 0 Å². The Morgan fingerprint density at radius 3 is 2.84 bits per heavy atom. The second-order valence-corrected chi connectivity index (χ2v) is 9.01. The van der Waals surface area contributed by atoms with E-state index in [-0.39, 0.29) is 5.91 Å². The molecule has 2 N–H and O–H groups in total. The Labute approximate surface area is 185 Å². The van der Waals surface area contributed by atoms with Gasteiger partial charge in [0.25, 0.3) is 0 Å². The molecule has 1 aliphatic heterocycles. The summed E-state index contributed by atoms with van der Waals surface area (Å²) in [5, 5.41) is 9.06. The second kappa shape index (κ2) is 10.9. The number of carbonyl (C=O) groups excluding carboxylic acids is 1. The summed E-state index contributed by atoms with van der Waals surface area (Å²) >= 11 is 0. The fourth-order valence-electron chi connectivity index (χ4n) is 5.00. The standard InChI is InChI=1S/C25H36N4O2/c1-31-15-13-26-25-22-12-6-5-8-19(22)16-23(28-25)20-9-7-14-29(17-20)18-24(30)27-21-10-3-2-4-11-21/h5-6,8,12,16,20-21H,2-4,7,9-11,13-15,17-18H2,1H3,(H,26,28)(H,27,30)/t20-/m1/s1. The van der Waals surface area contributed by atoms with E-state index in [0.717, 1.165) is 62.2 Å². The lowest BCUT2D eigenvalue weighted by atomic mass is 9.93. The van der Waals surface area contributed by atoms with Crippen molar-refractivity contribution >= 4 is 22.5 Å². The van der Waals surface area contributed by atoms with Gasteiger partial charge in [-0.2, -0.15) is 0 Å². The van der Waals surface area contributed by atoms with E-state index in [1.165, 1.54) is 24.6 Å². The molecule has 6 nitrogen and oxygen atoms in total. The maximum Gasteiger partial charge on any atom is 0.234 e. The van der Waals surface area contributed by atoms with E-state index in [0.29, 0.717) is 25.1 Å². The summed E-state index contributed by atoms with van der Waals surface area (Å²) in [5.41, 5.74) is 1.12. The minimum atomic E-state index is 0.181. The van der Waals surface area contributed by atoms with Gasteiger partial charge < -0.3 is 15.4 Å². The Morgan fingerprint density at radius 2 is 2.00 bits per heavy atom. The maximum atomic E-state index is 12.6. The molecule has 168 valence electrons. The number of hydrogen-bond donors (Lipinski definition) is 2. The van der Waals surface area contributed by atoms with Crippen LogP contribution in [-0.2, 0) is 9.53 Å². The van der Waals surface area contributed by atoms with Gasteiger partial charge in [0.1, 0.15) is 5.82 Å². The SMILES string of the molecule is COCCNc1nc([C@@H]2CCCN(CC(=O)NC3CCCCC3)C2)cc2ccccc12. The average Bonchev–Trinajstić information content (AvgIpc) is 2.80. The van der Waals surface area contributed by atoms with Gasteiger partial charge in [-0.1, -0.05) is 43.5 Å². The number of fused-ring (bicyclic) bond motifs is 1. The summed E-state index contributed by atoms with van der Waals surface area (Å²) in [5.74, 6) is 1.46. The molecule has 1 atom stereocenters. The van der Waals surface area contributed by atoms with Crippen LogP contribution in [0.25, 0.3) is 10.8 Å². The molecule has 1 saturated heterocycles. The normalized spacial score (nSPS) is 20.6. The van der Waals surface area contributed by atoms with Crippen LogP contribution in [0.5, 0.6) is 0 Å². The molecule has 2 aliphatic rings. The third-order valence-corrected chi connectivity index (χ3v) is 6.62. The molecule has 31 heavy (non-hydrogen) atoms. The van der Waals surface area contributed by atoms with E-state index >= 15 is 0 Å². The number of ether oxygens (including phenoxy) is 1. The van der Waals surface area contributed by atoms with Gasteiger partial charge >= 0.3 is 0 Å². The number of anilines is 1. The van der Waals surface area contributed by atoms with Gasteiger partial charge in [0.15, 0.2) is 0 Å². The molecular weight excluding hydrogens is 388 g/mol. The fraction of sp³-hybridized carbons (Fsp3) is 0.600. The molecule has 2 fully saturated rings. The van der Waals surface area contributed by atoms with Crippen LogP contribution < -0.4 is 10.6 Å². The zero-order chi connectivity index (χ0) is 21.5. The van der Waals surface area contributed by atoms with Crippen LogP contribution in [0.1, 0.15) is 56.6 Å². The Kier molecular flexibility index (Phi) is 7.76. The number of nitrogens with one attached hydrogen (secondary N) is 2. The van der Waals surface area contributed by atoms with Crippen LogP contribution in [0.4, 0.5) is 5.82 Å². The smallest absolute Gasteiger partial charge is 0.234 e. The highest BCUT2D eigenvalue weighted by molar-refractivity contribution is 5.92. The first-order valence-electron chi connectivity index (χ1n) is 11.9. The van der Waals surface area contributed by atoms with E-state index in [4.69, 9.17) is 9.72 Å². The van der Waals surface area contributed by atoms with Crippen molar-refractivity contribution in [3.63, 3.8) is 0 Å². The van der Waals surface area contributed by atoms with Gasteiger partial charge in [-0.3, -0.25) is 9.69 Å². The molecule has 4 rings (SSSR count). The third-order valence-electron chi connectivity index (χ3n) is 6.62. The topological polar surface area (TPSA) is 66.5 Å². The van der Waals surface area contributed by atoms with Crippen molar-refractivity contribution in [3.8, 4) is 0 Å². The van der Waals surface area contributed by atoms with Crippen LogP contribution in [-0.4, -0.2) is 61.7 Å². The van der Waals surface area contributed by atoms with Crippen molar-refractivity contribution in [2.75, 3.05) is 45.2 Å². The number of methoxy groups -OCH3 is 1. The number of piperidine rings is 1. The molecule has 1 aromatic carbocycles. The highest BCUT2D eigenvalue weighted by Crippen LogP contribution is 2.30. The van der Waals surface area contributed by atoms with Gasteiger partial charge in [0, 0.05) is 43.2 Å². The molecule has 0 bridgehead atoms. The Bertz CT molecular complexity index is 866. The van der Waals surface area contributed by atoms with Crippen LogP contribution in [0, 0.1) is 0 Å². The molecule has 2 heterocycles. The Hall–Kier alpha value is -2.18.